The van der Waals surface area contributed by atoms with E-state index in [0.29, 0.717) is 0 Å². The molecule has 0 atom stereocenters. The van der Waals surface area contributed by atoms with Crippen LogP contribution in [0.1, 0.15) is 30.5 Å². The molecule has 0 aromatic heterocycles. The second-order valence-electron chi connectivity index (χ2n) is 6.70. The first-order valence-electron chi connectivity index (χ1n) is 8.57. The molecular weight excluding hydrogens is 340 g/mol. The minimum absolute atomic E-state index is 0.619. The van der Waals surface area contributed by atoms with Crippen molar-refractivity contribution in [3.63, 3.8) is 0 Å². The second-order valence-corrected chi connectivity index (χ2v) is 8.53. The van der Waals surface area contributed by atoms with E-state index in [4.69, 9.17) is 0 Å². The van der Waals surface area contributed by atoms with E-state index in [-0.39, 0.29) is 0 Å². The Balaban J connectivity index is 2.34. The van der Waals surface area contributed by atoms with Crippen molar-refractivity contribution < 1.29 is 9.90 Å². The molecule has 26 heavy (non-hydrogen) atoms. The summed E-state index contributed by atoms with van der Waals surface area (Å²) in [6.45, 7) is 3.53. The summed E-state index contributed by atoms with van der Waals surface area (Å²) in [5.74, 6) is -0.824. The molecule has 3 rings (SSSR count). The summed E-state index contributed by atoms with van der Waals surface area (Å²) in [5, 5.41) is 9.82. The number of carbonyl (C=O) groups is 1. The molecule has 0 aliphatic rings. The zero-order valence-corrected chi connectivity index (χ0v) is 15.7. The van der Waals surface area contributed by atoms with Crippen molar-refractivity contribution in [3.8, 4) is 0 Å². The molecule has 0 aliphatic heterocycles. The van der Waals surface area contributed by atoms with Gasteiger partial charge in [-0.25, -0.2) is 0 Å². The summed E-state index contributed by atoms with van der Waals surface area (Å²) in [4.78, 5) is 12.0. The van der Waals surface area contributed by atoms with Gasteiger partial charge in [-0.3, -0.25) is 4.79 Å². The molecule has 0 aliphatic carbocycles. The van der Waals surface area contributed by atoms with E-state index in [1.54, 1.807) is 13.8 Å². The van der Waals surface area contributed by atoms with Crippen molar-refractivity contribution >= 4 is 17.7 Å². The number of benzene rings is 3. The summed E-state index contributed by atoms with van der Waals surface area (Å²) in [5.41, 5.74) is 3.20. The highest BCUT2D eigenvalue weighted by Gasteiger charge is 2.44. The van der Waals surface area contributed by atoms with Gasteiger partial charge in [0.2, 0.25) is 0 Å². The molecule has 0 heterocycles. The van der Waals surface area contributed by atoms with Crippen LogP contribution in [0.25, 0.3) is 0 Å². The number of carboxylic acid groups (broad SMARTS) is 1. The lowest BCUT2D eigenvalue weighted by Crippen LogP contribution is -2.37. The van der Waals surface area contributed by atoms with E-state index in [9.17, 15) is 9.90 Å². The lowest BCUT2D eigenvalue weighted by molar-refractivity contribution is -0.138. The minimum Gasteiger partial charge on any atom is -0.480 e. The Hall–Kier alpha value is -2.52. The minimum atomic E-state index is -0.971. The summed E-state index contributed by atoms with van der Waals surface area (Å²) < 4.78 is -1.59. The van der Waals surface area contributed by atoms with Gasteiger partial charge in [0.05, 0.1) is 4.75 Å². The van der Waals surface area contributed by atoms with E-state index in [1.807, 2.05) is 54.6 Å². The molecule has 0 radical (unpaired) electrons. The van der Waals surface area contributed by atoms with Crippen molar-refractivity contribution in [3.05, 3.63) is 108 Å². The van der Waals surface area contributed by atoms with E-state index >= 15 is 0 Å². The maximum absolute atomic E-state index is 12.0. The van der Waals surface area contributed by atoms with E-state index in [1.165, 1.54) is 11.8 Å². The summed E-state index contributed by atoms with van der Waals surface area (Å²) in [6, 6.07) is 30.4. The Labute approximate surface area is 158 Å². The summed E-state index contributed by atoms with van der Waals surface area (Å²) in [7, 11) is 0. The molecule has 0 bridgehead atoms. The number of aliphatic carboxylic acids is 1. The van der Waals surface area contributed by atoms with Crippen molar-refractivity contribution in [2.45, 2.75) is 23.3 Å². The fraction of sp³-hybridized carbons (Fsp3) is 0.174. The molecule has 0 fully saturated rings. The van der Waals surface area contributed by atoms with Crippen LogP contribution in [-0.2, 0) is 9.54 Å². The molecule has 1 N–H and O–H groups in total. The van der Waals surface area contributed by atoms with Gasteiger partial charge in [-0.1, -0.05) is 91.0 Å². The molecule has 0 saturated carbocycles. The molecule has 0 saturated heterocycles. The molecule has 3 aromatic rings. The SMILES string of the molecule is CC(C)(SC(c1ccccc1)(c1ccccc1)c1ccccc1)C(=O)O. The maximum atomic E-state index is 12.0. The predicted octanol–water partition coefficient (Wildman–Crippen LogP) is 5.57. The van der Waals surface area contributed by atoms with Crippen molar-refractivity contribution in [2.24, 2.45) is 0 Å². The predicted molar refractivity (Wildman–Crippen MR) is 109 cm³/mol. The van der Waals surface area contributed by atoms with Crippen molar-refractivity contribution in [1.82, 2.24) is 0 Å². The largest absolute Gasteiger partial charge is 0.480 e. The maximum Gasteiger partial charge on any atom is 0.319 e. The number of thioether (sulfide) groups is 1. The van der Waals surface area contributed by atoms with Gasteiger partial charge in [-0.2, -0.15) is 0 Å². The first kappa shape index (κ1) is 18.3. The number of rotatable bonds is 6. The second kappa shape index (κ2) is 7.38. The lowest BCUT2D eigenvalue weighted by atomic mass is 9.84. The normalized spacial score (nSPS) is 11.9. The van der Waals surface area contributed by atoms with E-state index in [0.717, 1.165) is 16.7 Å². The molecule has 0 spiro atoms. The van der Waals surface area contributed by atoms with Gasteiger partial charge in [0.15, 0.2) is 0 Å². The Morgan fingerprint density at radius 1 is 0.692 bits per heavy atom. The summed E-state index contributed by atoms with van der Waals surface area (Å²) >= 11 is 1.46. The Bertz CT molecular complexity index is 762. The Morgan fingerprint density at radius 2 is 1.00 bits per heavy atom. The Kier molecular flexibility index (Phi) is 5.19. The molecule has 0 unspecified atom stereocenters. The molecule has 0 amide bonds. The average Bonchev–Trinajstić information content (AvgIpc) is 2.68. The fourth-order valence-electron chi connectivity index (χ4n) is 3.12. The van der Waals surface area contributed by atoms with Crippen LogP contribution < -0.4 is 0 Å². The number of hydrogen-bond donors (Lipinski definition) is 1. The van der Waals surface area contributed by atoms with Crippen molar-refractivity contribution in [1.29, 1.82) is 0 Å². The van der Waals surface area contributed by atoms with Crippen molar-refractivity contribution in [2.75, 3.05) is 0 Å². The van der Waals surface area contributed by atoms with Gasteiger partial charge >= 0.3 is 5.97 Å². The van der Waals surface area contributed by atoms with Gasteiger partial charge in [0, 0.05) is 0 Å². The zero-order chi connectivity index (χ0) is 18.6. The standard InChI is InChI=1S/C23H22O2S/c1-22(2,21(24)25)26-23(18-12-6-3-7-13-18,19-14-8-4-9-15-19)20-16-10-5-11-17-20/h3-17H,1-2H3,(H,24,25). The van der Waals surface area contributed by atoms with Crippen LogP contribution in [0.4, 0.5) is 0 Å². The monoisotopic (exact) mass is 362 g/mol. The van der Waals surface area contributed by atoms with Crippen LogP contribution in [0.5, 0.6) is 0 Å². The van der Waals surface area contributed by atoms with Crippen LogP contribution in [0.15, 0.2) is 91.0 Å². The van der Waals surface area contributed by atoms with Crippen LogP contribution in [0.2, 0.25) is 0 Å². The highest BCUT2D eigenvalue weighted by atomic mass is 32.2. The van der Waals surface area contributed by atoms with Gasteiger partial charge in [-0.15, -0.1) is 11.8 Å². The third-order valence-electron chi connectivity index (χ3n) is 4.46. The van der Waals surface area contributed by atoms with Gasteiger partial charge < -0.3 is 5.11 Å². The highest BCUT2D eigenvalue weighted by Crippen LogP contribution is 2.53. The van der Waals surface area contributed by atoms with E-state index in [2.05, 4.69) is 36.4 Å². The van der Waals surface area contributed by atoms with Crippen LogP contribution in [0, 0.1) is 0 Å². The molecule has 2 nitrogen and oxygen atoms in total. The first-order chi connectivity index (χ1) is 12.5. The smallest absolute Gasteiger partial charge is 0.319 e. The Morgan fingerprint density at radius 3 is 1.27 bits per heavy atom. The zero-order valence-electron chi connectivity index (χ0n) is 14.9. The summed E-state index contributed by atoms with van der Waals surface area (Å²) in [6.07, 6.45) is 0. The first-order valence-corrected chi connectivity index (χ1v) is 9.38. The van der Waals surface area contributed by atoms with Crippen LogP contribution in [-0.4, -0.2) is 15.8 Å². The molecule has 3 heteroatoms. The molecule has 3 aromatic carbocycles. The fourth-order valence-corrected chi connectivity index (χ4v) is 4.74. The molecule has 132 valence electrons. The van der Waals surface area contributed by atoms with Gasteiger partial charge in [0.25, 0.3) is 0 Å². The number of hydrogen-bond acceptors (Lipinski definition) is 2. The highest BCUT2D eigenvalue weighted by molar-refractivity contribution is 8.02. The third-order valence-corrected chi connectivity index (χ3v) is 6.16. The average molecular weight is 362 g/mol. The molecular formula is C23H22O2S. The van der Waals surface area contributed by atoms with Crippen LogP contribution >= 0.6 is 11.8 Å². The van der Waals surface area contributed by atoms with Crippen LogP contribution in [0.3, 0.4) is 0 Å². The third kappa shape index (κ3) is 3.40. The lowest BCUT2D eigenvalue weighted by Gasteiger charge is -2.39. The quantitative estimate of drug-likeness (QED) is 0.582. The van der Waals surface area contributed by atoms with Gasteiger partial charge in [-0.05, 0) is 30.5 Å². The number of carboxylic acids is 1. The van der Waals surface area contributed by atoms with Gasteiger partial charge in [0.1, 0.15) is 4.75 Å². The van der Waals surface area contributed by atoms with E-state index < -0.39 is 15.5 Å². The topological polar surface area (TPSA) is 37.3 Å².